The van der Waals surface area contributed by atoms with Crippen LogP contribution >= 0.6 is 0 Å². The Labute approximate surface area is 206 Å². The van der Waals surface area contributed by atoms with Crippen molar-refractivity contribution in [2.45, 2.75) is 63.8 Å². The molecule has 1 aromatic rings. The van der Waals surface area contributed by atoms with Crippen molar-refractivity contribution in [1.82, 2.24) is 4.90 Å². The van der Waals surface area contributed by atoms with E-state index in [-0.39, 0.29) is 50.8 Å². The van der Waals surface area contributed by atoms with Gasteiger partial charge in [-0.2, -0.15) is 8.42 Å². The number of rotatable bonds is 5. The third kappa shape index (κ3) is 5.32. The average Bonchev–Trinajstić information content (AvgIpc) is 2.72. The molecule has 2 atom stereocenters. The van der Waals surface area contributed by atoms with Gasteiger partial charge >= 0.3 is 0 Å². The fourth-order valence-electron chi connectivity index (χ4n) is 4.88. The summed E-state index contributed by atoms with van der Waals surface area (Å²) in [7, 11) is -7.88. The number of fused-ring (bicyclic) bond motifs is 2. The van der Waals surface area contributed by atoms with Crippen LogP contribution in [0, 0.1) is 11.3 Å². The first-order valence-electron chi connectivity index (χ1n) is 11.6. The second kappa shape index (κ2) is 8.81. The Hall–Kier alpha value is -2.60. The SMILES string of the molecule is CC(C)(C)CCN1C(=O)C(C2=NS(=O)(=O)c3cc(NS(C)(=O)=O)ccc3N2)=C(O)C2CCCCC21. The van der Waals surface area contributed by atoms with E-state index in [4.69, 9.17) is 0 Å². The van der Waals surface area contributed by atoms with Crippen LogP contribution in [0.2, 0.25) is 0 Å². The maximum Gasteiger partial charge on any atom is 0.286 e. The first-order chi connectivity index (χ1) is 16.2. The highest BCUT2D eigenvalue weighted by Gasteiger charge is 2.45. The molecule has 192 valence electrons. The molecule has 2 aliphatic heterocycles. The molecule has 3 N–H and O–H groups in total. The minimum Gasteiger partial charge on any atom is -0.511 e. The van der Waals surface area contributed by atoms with E-state index in [9.17, 15) is 26.7 Å². The molecule has 0 aromatic heterocycles. The lowest BCUT2D eigenvalue weighted by Crippen LogP contribution is -2.53. The summed E-state index contributed by atoms with van der Waals surface area (Å²) in [5.74, 6) is -1.04. The summed E-state index contributed by atoms with van der Waals surface area (Å²) in [6.07, 6.45) is 5.09. The minimum atomic E-state index is -4.27. The molecular weight excluding hydrogens is 492 g/mol. The number of nitrogens with zero attached hydrogens (tertiary/aromatic N) is 2. The van der Waals surface area contributed by atoms with Crippen LogP contribution in [0.5, 0.6) is 0 Å². The number of carbonyl (C=O) groups is 1. The van der Waals surface area contributed by atoms with Crippen molar-refractivity contribution in [2.24, 2.45) is 15.7 Å². The van der Waals surface area contributed by atoms with Crippen molar-refractivity contribution >= 4 is 43.2 Å². The van der Waals surface area contributed by atoms with Crippen molar-refractivity contribution in [2.75, 3.05) is 22.8 Å². The highest BCUT2D eigenvalue weighted by Crippen LogP contribution is 2.41. The van der Waals surface area contributed by atoms with Crippen LogP contribution < -0.4 is 10.0 Å². The molecule has 0 saturated heterocycles. The zero-order chi connectivity index (χ0) is 25.8. The van der Waals surface area contributed by atoms with Crippen LogP contribution in [0.15, 0.2) is 38.8 Å². The smallest absolute Gasteiger partial charge is 0.286 e. The maximum atomic E-state index is 13.7. The zero-order valence-corrected chi connectivity index (χ0v) is 22.0. The number of sulfonamides is 2. The van der Waals surface area contributed by atoms with Gasteiger partial charge in [0.2, 0.25) is 10.0 Å². The van der Waals surface area contributed by atoms with Gasteiger partial charge < -0.3 is 15.3 Å². The summed E-state index contributed by atoms with van der Waals surface area (Å²) in [5.41, 5.74) is 0.0993. The summed E-state index contributed by atoms with van der Waals surface area (Å²) in [6, 6.07) is 3.86. The number of anilines is 2. The lowest BCUT2D eigenvalue weighted by atomic mass is 9.77. The van der Waals surface area contributed by atoms with Gasteiger partial charge in [0, 0.05) is 24.2 Å². The molecule has 1 saturated carbocycles. The Morgan fingerprint density at radius 2 is 1.91 bits per heavy atom. The molecule has 1 fully saturated rings. The number of carbonyl (C=O) groups excluding carboxylic acids is 1. The third-order valence-corrected chi connectivity index (χ3v) is 8.50. The predicted octanol–water partition coefficient (Wildman–Crippen LogP) is 3.22. The molecule has 1 aliphatic carbocycles. The van der Waals surface area contributed by atoms with Gasteiger partial charge in [0.1, 0.15) is 16.2 Å². The molecular formula is C23H32N4O6S2. The topological polar surface area (TPSA) is 145 Å². The van der Waals surface area contributed by atoms with Gasteiger partial charge in [-0.05, 0) is 42.9 Å². The molecule has 2 heterocycles. The van der Waals surface area contributed by atoms with Gasteiger partial charge in [0.05, 0.1) is 11.9 Å². The average molecular weight is 525 g/mol. The lowest BCUT2D eigenvalue weighted by molar-refractivity contribution is -0.133. The summed E-state index contributed by atoms with van der Waals surface area (Å²) >= 11 is 0. The summed E-state index contributed by atoms with van der Waals surface area (Å²) < 4.78 is 55.3. The number of benzene rings is 1. The monoisotopic (exact) mass is 524 g/mol. The second-order valence-electron chi connectivity index (χ2n) is 10.7. The molecule has 4 rings (SSSR count). The first-order valence-corrected chi connectivity index (χ1v) is 15.0. The van der Waals surface area contributed by atoms with Crippen molar-refractivity contribution < 1.29 is 26.7 Å². The summed E-state index contributed by atoms with van der Waals surface area (Å²) in [6.45, 7) is 6.78. The van der Waals surface area contributed by atoms with E-state index in [2.05, 4.69) is 35.2 Å². The van der Waals surface area contributed by atoms with Gasteiger partial charge in [-0.25, -0.2) is 8.42 Å². The third-order valence-electron chi connectivity index (χ3n) is 6.58. The van der Waals surface area contributed by atoms with Gasteiger partial charge in [-0.3, -0.25) is 9.52 Å². The van der Waals surface area contributed by atoms with Gasteiger partial charge in [0.25, 0.3) is 15.9 Å². The van der Waals surface area contributed by atoms with E-state index >= 15 is 0 Å². The standard InChI is InChI=1S/C23H32N4O6S2/c1-23(2,3)11-12-27-17-8-6-5-7-15(17)20(28)19(22(27)29)21-24-16-10-9-14(25-34(4,30)31)13-18(16)35(32,33)26-21/h9-10,13,15,17,25,28H,5-8,11-12H2,1-4H3,(H,24,26). The quantitative estimate of drug-likeness (QED) is 0.536. The molecule has 35 heavy (non-hydrogen) atoms. The Kier molecular flexibility index (Phi) is 6.41. The lowest BCUT2D eigenvalue weighted by Gasteiger charge is -2.45. The van der Waals surface area contributed by atoms with Crippen molar-refractivity contribution in [1.29, 1.82) is 0 Å². The van der Waals surface area contributed by atoms with Crippen molar-refractivity contribution in [3.63, 3.8) is 0 Å². The highest BCUT2D eigenvalue weighted by molar-refractivity contribution is 7.92. The van der Waals surface area contributed by atoms with Crippen LogP contribution in [-0.2, 0) is 24.8 Å². The normalized spacial score (nSPS) is 24.3. The van der Waals surface area contributed by atoms with E-state index in [0.717, 1.165) is 31.9 Å². The molecule has 12 heteroatoms. The van der Waals surface area contributed by atoms with E-state index in [1.54, 1.807) is 4.90 Å². The van der Waals surface area contributed by atoms with Crippen molar-refractivity contribution in [3.8, 4) is 0 Å². The fourth-order valence-corrected chi connectivity index (χ4v) is 6.59. The minimum absolute atomic E-state index is 0.00555. The predicted molar refractivity (Wildman–Crippen MR) is 134 cm³/mol. The van der Waals surface area contributed by atoms with E-state index in [0.29, 0.717) is 13.0 Å². The molecule has 0 spiro atoms. The molecule has 0 bridgehead atoms. The zero-order valence-electron chi connectivity index (χ0n) is 20.3. The number of amidine groups is 1. The molecule has 1 aromatic carbocycles. The van der Waals surface area contributed by atoms with E-state index in [1.807, 2.05) is 0 Å². The van der Waals surface area contributed by atoms with Gasteiger partial charge in [-0.15, -0.1) is 4.40 Å². The fraction of sp³-hybridized carbons (Fsp3) is 0.565. The number of hydrogen-bond donors (Lipinski definition) is 3. The number of aliphatic hydroxyl groups excluding tert-OH is 1. The number of nitrogens with one attached hydrogen (secondary N) is 2. The second-order valence-corrected chi connectivity index (χ2v) is 14.0. The highest BCUT2D eigenvalue weighted by atomic mass is 32.2. The molecule has 2 unspecified atom stereocenters. The summed E-state index contributed by atoms with van der Waals surface area (Å²) in [5, 5.41) is 14.1. The van der Waals surface area contributed by atoms with Crippen LogP contribution in [-0.4, -0.2) is 57.4 Å². The summed E-state index contributed by atoms with van der Waals surface area (Å²) in [4.78, 5) is 15.2. The molecule has 10 nitrogen and oxygen atoms in total. The Morgan fingerprint density at radius 3 is 2.57 bits per heavy atom. The van der Waals surface area contributed by atoms with E-state index in [1.165, 1.54) is 18.2 Å². The number of hydrogen-bond acceptors (Lipinski definition) is 7. The van der Waals surface area contributed by atoms with Crippen LogP contribution in [0.4, 0.5) is 11.4 Å². The van der Waals surface area contributed by atoms with Gasteiger partial charge in [-0.1, -0.05) is 33.6 Å². The Morgan fingerprint density at radius 1 is 1.23 bits per heavy atom. The Bertz CT molecular complexity index is 1330. The molecule has 1 amide bonds. The van der Waals surface area contributed by atoms with Crippen molar-refractivity contribution in [3.05, 3.63) is 29.5 Å². The number of aliphatic hydroxyl groups is 1. The maximum absolute atomic E-state index is 13.7. The van der Waals surface area contributed by atoms with Gasteiger partial charge in [0.15, 0.2) is 5.84 Å². The Balaban J connectivity index is 1.74. The first kappa shape index (κ1) is 25.5. The molecule has 3 aliphatic rings. The number of amides is 1. The van der Waals surface area contributed by atoms with Crippen LogP contribution in [0.3, 0.4) is 0 Å². The largest absolute Gasteiger partial charge is 0.511 e. The van der Waals surface area contributed by atoms with E-state index < -0.39 is 26.0 Å². The molecule has 0 radical (unpaired) electrons. The van der Waals surface area contributed by atoms with Crippen LogP contribution in [0.1, 0.15) is 52.9 Å². The van der Waals surface area contributed by atoms with Crippen LogP contribution in [0.25, 0.3) is 0 Å².